The molecule has 0 aliphatic rings. The number of hydrogen-bond acceptors (Lipinski definition) is 2. The zero-order valence-electron chi connectivity index (χ0n) is 14.1. The second kappa shape index (κ2) is 8.36. The first kappa shape index (κ1) is 17.1. The molecule has 1 atom stereocenters. The second-order valence-corrected chi connectivity index (χ2v) is 5.84. The van der Waals surface area contributed by atoms with Gasteiger partial charge in [0.25, 0.3) is 0 Å². The van der Waals surface area contributed by atoms with Crippen LogP contribution in [0.1, 0.15) is 25.0 Å². The van der Waals surface area contributed by atoms with Crippen molar-refractivity contribution in [2.45, 2.75) is 32.9 Å². The molecule has 23 heavy (non-hydrogen) atoms. The van der Waals surface area contributed by atoms with Gasteiger partial charge in [0.2, 0.25) is 0 Å². The number of ether oxygens (including phenoxy) is 1. The van der Waals surface area contributed by atoms with Gasteiger partial charge >= 0.3 is 0 Å². The number of likely N-dealkylation sites (N-methyl/N-ethyl adjacent to an activating group) is 1. The first-order valence-corrected chi connectivity index (χ1v) is 8.00. The zero-order chi connectivity index (χ0) is 16.7. The van der Waals surface area contributed by atoms with Gasteiger partial charge in [-0.15, -0.1) is 0 Å². The van der Waals surface area contributed by atoms with Crippen LogP contribution in [0, 0.1) is 6.57 Å². The number of hydrogen-bond donors (Lipinski definition) is 0. The third-order valence-electron chi connectivity index (χ3n) is 4.15. The molecule has 0 fully saturated rings. The van der Waals surface area contributed by atoms with Gasteiger partial charge in [0, 0.05) is 6.04 Å². The van der Waals surface area contributed by atoms with E-state index in [1.54, 1.807) is 6.07 Å². The Hall–Kier alpha value is -2.31. The van der Waals surface area contributed by atoms with Crippen molar-refractivity contribution >= 4 is 5.69 Å². The van der Waals surface area contributed by atoms with E-state index in [2.05, 4.69) is 42.8 Å². The lowest BCUT2D eigenvalue weighted by Crippen LogP contribution is -2.30. The smallest absolute Gasteiger partial charge is 0.187 e. The van der Waals surface area contributed by atoms with E-state index in [0.29, 0.717) is 18.3 Å². The largest absolute Gasteiger partial charge is 0.489 e. The molecule has 0 unspecified atom stereocenters. The van der Waals surface area contributed by atoms with E-state index in [1.807, 2.05) is 30.3 Å². The standard InChI is InChI=1S/C20H24N2O/c1-5-22(4)16(2)13-17-9-11-20(12-10-17)23-15-18-7-6-8-19(14-18)21-3/h6-12,14,16H,5,13,15H2,1-2,4H3/t16-/m1/s1. The lowest BCUT2D eigenvalue weighted by molar-refractivity contribution is 0.269. The molecular weight excluding hydrogens is 284 g/mol. The summed E-state index contributed by atoms with van der Waals surface area (Å²) in [5, 5.41) is 0. The Morgan fingerprint density at radius 2 is 1.87 bits per heavy atom. The van der Waals surface area contributed by atoms with Crippen LogP contribution in [0.5, 0.6) is 5.75 Å². The van der Waals surface area contributed by atoms with Crippen LogP contribution in [0.3, 0.4) is 0 Å². The van der Waals surface area contributed by atoms with Crippen LogP contribution in [0.4, 0.5) is 5.69 Å². The third kappa shape index (κ3) is 5.12. The number of nitrogens with zero attached hydrogens (tertiary/aromatic N) is 2. The number of benzene rings is 2. The SMILES string of the molecule is [C-]#[N+]c1cccc(COc2ccc(C[C@@H](C)N(C)CC)cc2)c1. The van der Waals surface area contributed by atoms with Crippen molar-refractivity contribution in [1.29, 1.82) is 0 Å². The van der Waals surface area contributed by atoms with Crippen molar-refractivity contribution in [1.82, 2.24) is 4.90 Å². The van der Waals surface area contributed by atoms with Crippen molar-refractivity contribution < 1.29 is 4.74 Å². The molecule has 0 radical (unpaired) electrons. The predicted octanol–water partition coefficient (Wildman–Crippen LogP) is 4.70. The van der Waals surface area contributed by atoms with E-state index in [-0.39, 0.29) is 0 Å². The summed E-state index contributed by atoms with van der Waals surface area (Å²) in [6.07, 6.45) is 1.04. The molecule has 2 aromatic rings. The highest BCUT2D eigenvalue weighted by Crippen LogP contribution is 2.18. The van der Waals surface area contributed by atoms with E-state index in [1.165, 1.54) is 5.56 Å². The normalized spacial score (nSPS) is 12.0. The molecule has 0 N–H and O–H groups in total. The first-order valence-electron chi connectivity index (χ1n) is 8.00. The van der Waals surface area contributed by atoms with Gasteiger partial charge < -0.3 is 9.64 Å². The minimum Gasteiger partial charge on any atom is -0.489 e. The molecule has 3 heteroatoms. The van der Waals surface area contributed by atoms with Gasteiger partial charge in [-0.25, -0.2) is 4.85 Å². The van der Waals surface area contributed by atoms with Gasteiger partial charge in [0.15, 0.2) is 5.69 Å². The van der Waals surface area contributed by atoms with Crippen LogP contribution in [-0.2, 0) is 13.0 Å². The molecule has 0 bridgehead atoms. The zero-order valence-corrected chi connectivity index (χ0v) is 14.1. The summed E-state index contributed by atoms with van der Waals surface area (Å²) in [5.41, 5.74) is 2.98. The summed E-state index contributed by atoms with van der Waals surface area (Å²) in [4.78, 5) is 5.78. The molecule has 3 nitrogen and oxygen atoms in total. The topological polar surface area (TPSA) is 16.8 Å². The summed E-state index contributed by atoms with van der Waals surface area (Å²) < 4.78 is 5.81. The van der Waals surface area contributed by atoms with Gasteiger partial charge in [-0.05, 0) is 56.3 Å². The van der Waals surface area contributed by atoms with Crippen LogP contribution in [0.25, 0.3) is 4.85 Å². The van der Waals surface area contributed by atoms with Crippen LogP contribution >= 0.6 is 0 Å². The minimum atomic E-state index is 0.484. The van der Waals surface area contributed by atoms with Gasteiger partial charge in [0.05, 0.1) is 6.57 Å². The van der Waals surface area contributed by atoms with E-state index < -0.39 is 0 Å². The predicted molar refractivity (Wildman–Crippen MR) is 94.9 cm³/mol. The Labute approximate surface area is 139 Å². The Balaban J connectivity index is 1.91. The lowest BCUT2D eigenvalue weighted by Gasteiger charge is -2.23. The fourth-order valence-electron chi connectivity index (χ4n) is 2.41. The second-order valence-electron chi connectivity index (χ2n) is 5.84. The molecule has 0 aliphatic heterocycles. The average molecular weight is 308 g/mol. The highest BCUT2D eigenvalue weighted by molar-refractivity contribution is 5.46. The first-order chi connectivity index (χ1) is 11.1. The minimum absolute atomic E-state index is 0.484. The maximum atomic E-state index is 7.04. The Morgan fingerprint density at radius 1 is 1.13 bits per heavy atom. The molecule has 0 spiro atoms. The summed E-state index contributed by atoms with van der Waals surface area (Å²) in [5.74, 6) is 0.860. The van der Waals surface area contributed by atoms with E-state index >= 15 is 0 Å². The van der Waals surface area contributed by atoms with Crippen LogP contribution < -0.4 is 4.74 Å². The summed E-state index contributed by atoms with van der Waals surface area (Å²) in [7, 11) is 2.15. The van der Waals surface area contributed by atoms with Crippen molar-refractivity contribution in [2.75, 3.05) is 13.6 Å². The lowest BCUT2D eigenvalue weighted by atomic mass is 10.1. The molecule has 2 aromatic carbocycles. The van der Waals surface area contributed by atoms with Crippen LogP contribution in [0.2, 0.25) is 0 Å². The maximum Gasteiger partial charge on any atom is 0.187 e. The van der Waals surface area contributed by atoms with Crippen LogP contribution in [-0.4, -0.2) is 24.5 Å². The van der Waals surface area contributed by atoms with Gasteiger partial charge in [-0.3, -0.25) is 0 Å². The van der Waals surface area contributed by atoms with Crippen molar-refractivity contribution in [3.05, 3.63) is 71.1 Å². The quantitative estimate of drug-likeness (QED) is 0.690. The monoisotopic (exact) mass is 308 g/mol. The Bertz CT molecular complexity index is 658. The summed E-state index contributed by atoms with van der Waals surface area (Å²) in [6.45, 7) is 13.0. The summed E-state index contributed by atoms with van der Waals surface area (Å²) in [6, 6.07) is 16.4. The molecule has 2 rings (SSSR count). The molecule has 0 saturated carbocycles. The molecule has 0 heterocycles. The number of rotatable bonds is 7. The molecule has 0 aliphatic carbocycles. The van der Waals surface area contributed by atoms with Crippen molar-refractivity contribution in [3.63, 3.8) is 0 Å². The Morgan fingerprint density at radius 3 is 2.52 bits per heavy atom. The third-order valence-corrected chi connectivity index (χ3v) is 4.15. The van der Waals surface area contributed by atoms with Gasteiger partial charge in [0.1, 0.15) is 12.4 Å². The van der Waals surface area contributed by atoms with Gasteiger partial charge in [-0.1, -0.05) is 37.3 Å². The van der Waals surface area contributed by atoms with Crippen LogP contribution in [0.15, 0.2) is 48.5 Å². The Kier molecular flexibility index (Phi) is 6.19. The van der Waals surface area contributed by atoms with E-state index in [0.717, 1.165) is 24.3 Å². The molecule has 0 saturated heterocycles. The molecule has 0 amide bonds. The van der Waals surface area contributed by atoms with Gasteiger partial charge in [-0.2, -0.15) is 0 Å². The van der Waals surface area contributed by atoms with E-state index in [9.17, 15) is 0 Å². The highest BCUT2D eigenvalue weighted by Gasteiger charge is 2.08. The highest BCUT2D eigenvalue weighted by atomic mass is 16.5. The van der Waals surface area contributed by atoms with E-state index in [4.69, 9.17) is 11.3 Å². The van der Waals surface area contributed by atoms with Crippen molar-refractivity contribution in [2.24, 2.45) is 0 Å². The average Bonchev–Trinajstić information content (AvgIpc) is 2.60. The molecule has 0 aromatic heterocycles. The molecule has 120 valence electrons. The van der Waals surface area contributed by atoms with Crippen molar-refractivity contribution in [3.8, 4) is 5.75 Å². The fraction of sp³-hybridized carbons (Fsp3) is 0.350. The maximum absolute atomic E-state index is 7.04. The fourth-order valence-corrected chi connectivity index (χ4v) is 2.41. The summed E-state index contributed by atoms with van der Waals surface area (Å²) >= 11 is 0. The molecular formula is C20H24N2O.